The predicted molar refractivity (Wildman–Crippen MR) is 137 cm³/mol. The molecule has 1 saturated heterocycles. The quantitative estimate of drug-likeness (QED) is 0.113. The second-order valence-electron chi connectivity index (χ2n) is 9.51. The molecule has 7 nitrogen and oxygen atoms in total. The molecular formula is C28H26F6N2O5. The molecule has 1 aromatic heterocycles. The highest BCUT2D eigenvalue weighted by Crippen LogP contribution is 2.37. The van der Waals surface area contributed by atoms with Gasteiger partial charge in [-0.15, -0.1) is 0 Å². The molecular weight excluding hydrogens is 558 g/mol. The van der Waals surface area contributed by atoms with Gasteiger partial charge >= 0.3 is 24.0 Å². The molecule has 13 heteroatoms. The number of unbranched alkanes of at least 4 members (excludes halogenated alkanes) is 2. The van der Waals surface area contributed by atoms with Crippen molar-refractivity contribution in [1.29, 1.82) is 0 Å². The van der Waals surface area contributed by atoms with Crippen LogP contribution in [0, 0.1) is 0 Å². The number of carbonyl (C=O) groups is 2. The summed E-state index contributed by atoms with van der Waals surface area (Å²) in [5, 5.41) is -0.224. The van der Waals surface area contributed by atoms with Gasteiger partial charge in [0.25, 0.3) is 5.91 Å². The van der Waals surface area contributed by atoms with Gasteiger partial charge < -0.3 is 9.15 Å². The van der Waals surface area contributed by atoms with E-state index < -0.39 is 41.0 Å². The number of aryl methyl sites for hydroxylation is 1. The molecule has 0 N–H and O–H groups in total. The molecule has 0 bridgehead atoms. The molecule has 2 aromatic carbocycles. The Kier molecular flexibility index (Phi) is 8.64. The van der Waals surface area contributed by atoms with Crippen LogP contribution in [0.4, 0.5) is 36.8 Å². The van der Waals surface area contributed by atoms with Crippen LogP contribution in [0.25, 0.3) is 11.0 Å². The van der Waals surface area contributed by atoms with E-state index in [1.54, 1.807) is 0 Å². The highest BCUT2D eigenvalue weighted by atomic mass is 19.4. The van der Waals surface area contributed by atoms with Gasteiger partial charge in [0.2, 0.25) is 0 Å². The Balaban J connectivity index is 1.33. The first-order valence-electron chi connectivity index (χ1n) is 12.9. The molecule has 0 aliphatic carbocycles. The number of rotatable bonds is 10. The molecule has 0 radical (unpaired) electrons. The third-order valence-corrected chi connectivity index (χ3v) is 6.62. The molecule has 3 amide bonds. The predicted octanol–water partition coefficient (Wildman–Crippen LogP) is 6.80. The van der Waals surface area contributed by atoms with E-state index in [9.17, 15) is 40.7 Å². The fraction of sp³-hybridized carbons (Fsp3) is 0.393. The molecule has 2 heterocycles. The zero-order chi connectivity index (χ0) is 29.9. The Bertz CT molecular complexity index is 1480. The van der Waals surface area contributed by atoms with Crippen molar-refractivity contribution in [3.8, 4) is 5.75 Å². The molecule has 0 atom stereocenters. The summed E-state index contributed by atoms with van der Waals surface area (Å²) in [6, 6.07) is 6.42. The molecule has 41 heavy (non-hydrogen) atoms. The second kappa shape index (κ2) is 11.8. The average Bonchev–Trinajstić information content (AvgIpc) is 3.18. The first kappa shape index (κ1) is 29.9. The SMILES string of the molecule is CCCc1c(OCCCCCN2C(=O)CN(c3ccc(C(F)(F)F)cc3)C2=O)ccc2c(C(F)(F)F)cc(=O)oc12. The Morgan fingerprint density at radius 2 is 1.61 bits per heavy atom. The summed E-state index contributed by atoms with van der Waals surface area (Å²) in [5.74, 6) is -0.162. The van der Waals surface area contributed by atoms with E-state index in [0.29, 0.717) is 49.5 Å². The lowest BCUT2D eigenvalue weighted by atomic mass is 10.0. The summed E-state index contributed by atoms with van der Waals surface area (Å²) in [7, 11) is 0. The van der Waals surface area contributed by atoms with E-state index in [2.05, 4.69) is 0 Å². The van der Waals surface area contributed by atoms with Gasteiger partial charge in [-0.25, -0.2) is 9.59 Å². The van der Waals surface area contributed by atoms with Crippen molar-refractivity contribution < 1.29 is 45.1 Å². The van der Waals surface area contributed by atoms with Crippen molar-refractivity contribution >= 4 is 28.6 Å². The summed E-state index contributed by atoms with van der Waals surface area (Å²) < 4.78 is 89.7. The van der Waals surface area contributed by atoms with Gasteiger partial charge in [0.15, 0.2) is 0 Å². The normalized spacial score (nSPS) is 14.4. The van der Waals surface area contributed by atoms with Crippen LogP contribution < -0.4 is 15.3 Å². The van der Waals surface area contributed by atoms with E-state index in [1.807, 2.05) is 6.92 Å². The zero-order valence-electron chi connectivity index (χ0n) is 21.9. The number of urea groups is 1. The molecule has 0 spiro atoms. The summed E-state index contributed by atoms with van der Waals surface area (Å²) in [6.07, 6.45) is -6.88. The van der Waals surface area contributed by atoms with E-state index in [1.165, 1.54) is 12.1 Å². The van der Waals surface area contributed by atoms with Crippen molar-refractivity contribution in [2.75, 3.05) is 24.6 Å². The van der Waals surface area contributed by atoms with Gasteiger partial charge in [0.1, 0.15) is 17.9 Å². The Labute approximate surface area is 230 Å². The maximum Gasteiger partial charge on any atom is 0.417 e. The van der Waals surface area contributed by atoms with Gasteiger partial charge in [0, 0.05) is 29.2 Å². The summed E-state index contributed by atoms with van der Waals surface area (Å²) in [5.41, 5.74) is -2.65. The largest absolute Gasteiger partial charge is 0.493 e. The number of anilines is 1. The molecule has 0 unspecified atom stereocenters. The van der Waals surface area contributed by atoms with E-state index in [0.717, 1.165) is 34.1 Å². The number of ether oxygens (including phenoxy) is 1. The molecule has 220 valence electrons. The summed E-state index contributed by atoms with van der Waals surface area (Å²) >= 11 is 0. The Morgan fingerprint density at radius 3 is 2.24 bits per heavy atom. The maximum atomic E-state index is 13.5. The van der Waals surface area contributed by atoms with Crippen molar-refractivity contribution in [3.63, 3.8) is 0 Å². The third kappa shape index (κ3) is 6.66. The van der Waals surface area contributed by atoms with E-state index >= 15 is 0 Å². The molecule has 4 rings (SSSR count). The zero-order valence-corrected chi connectivity index (χ0v) is 21.9. The number of halogens is 6. The van der Waals surface area contributed by atoms with Crippen molar-refractivity contribution in [2.45, 2.75) is 51.4 Å². The molecule has 1 fully saturated rings. The van der Waals surface area contributed by atoms with Gasteiger partial charge in [-0.3, -0.25) is 14.6 Å². The number of benzene rings is 2. The fourth-order valence-electron chi connectivity index (χ4n) is 4.64. The topological polar surface area (TPSA) is 80.1 Å². The lowest BCUT2D eigenvalue weighted by Gasteiger charge is -2.18. The van der Waals surface area contributed by atoms with Gasteiger partial charge in [0.05, 0.1) is 17.7 Å². The van der Waals surface area contributed by atoms with Crippen LogP contribution in [0.3, 0.4) is 0 Å². The number of fused-ring (bicyclic) bond motifs is 1. The first-order chi connectivity index (χ1) is 19.3. The molecule has 1 aliphatic rings. The monoisotopic (exact) mass is 584 g/mol. The van der Waals surface area contributed by atoms with Crippen LogP contribution in [0.2, 0.25) is 0 Å². The minimum atomic E-state index is -4.73. The maximum absolute atomic E-state index is 13.5. The first-order valence-corrected chi connectivity index (χ1v) is 12.9. The van der Waals surface area contributed by atoms with Crippen LogP contribution in [-0.2, 0) is 23.6 Å². The number of hydrogen-bond donors (Lipinski definition) is 0. The number of hydrogen-bond acceptors (Lipinski definition) is 5. The van der Waals surface area contributed by atoms with Gasteiger partial charge in [-0.1, -0.05) is 13.3 Å². The van der Waals surface area contributed by atoms with E-state index in [-0.39, 0.29) is 36.4 Å². The standard InChI is InChI=1S/C28H26F6N2O5/c1-2-6-20-22(12-11-19-21(28(32,33)34)15-24(38)41-25(19)20)40-14-5-3-4-13-35-23(37)16-36(26(35)39)18-9-7-17(8-10-18)27(29,30)31/h7-12,15H,2-6,13-14,16H2,1H3. The van der Waals surface area contributed by atoms with Crippen LogP contribution in [0.1, 0.15) is 49.3 Å². The van der Waals surface area contributed by atoms with Gasteiger partial charge in [-0.2, -0.15) is 26.3 Å². The Hall–Kier alpha value is -4.03. The molecule has 0 saturated carbocycles. The average molecular weight is 585 g/mol. The third-order valence-electron chi connectivity index (χ3n) is 6.62. The van der Waals surface area contributed by atoms with E-state index in [4.69, 9.17) is 9.15 Å². The number of carbonyl (C=O) groups excluding carboxylic acids is 2. The number of amides is 3. The number of alkyl halides is 6. The van der Waals surface area contributed by atoms with Crippen molar-refractivity contribution in [1.82, 2.24) is 4.90 Å². The molecule has 1 aliphatic heterocycles. The minimum absolute atomic E-state index is 0.108. The van der Waals surface area contributed by atoms with Crippen molar-refractivity contribution in [3.05, 3.63) is 69.6 Å². The van der Waals surface area contributed by atoms with Crippen LogP contribution in [0.5, 0.6) is 5.75 Å². The highest BCUT2D eigenvalue weighted by molar-refractivity contribution is 6.12. The second-order valence-corrected chi connectivity index (χ2v) is 9.51. The van der Waals surface area contributed by atoms with Crippen molar-refractivity contribution in [2.24, 2.45) is 0 Å². The number of nitrogens with zero attached hydrogens (tertiary/aromatic N) is 2. The van der Waals surface area contributed by atoms with Crippen LogP contribution in [0.15, 0.2) is 51.7 Å². The summed E-state index contributed by atoms with van der Waals surface area (Å²) in [6.45, 7) is 1.85. The lowest BCUT2D eigenvalue weighted by molar-refractivity contribution is -0.138. The minimum Gasteiger partial charge on any atom is -0.493 e. The van der Waals surface area contributed by atoms with Crippen LogP contribution in [-0.4, -0.2) is 36.5 Å². The summed E-state index contributed by atoms with van der Waals surface area (Å²) in [4.78, 5) is 39.1. The number of imide groups is 1. The molecule has 3 aromatic rings. The highest BCUT2D eigenvalue weighted by Gasteiger charge is 2.37. The smallest absolute Gasteiger partial charge is 0.417 e. The lowest BCUT2D eigenvalue weighted by Crippen LogP contribution is -2.33. The Morgan fingerprint density at radius 1 is 0.902 bits per heavy atom. The fourth-order valence-corrected chi connectivity index (χ4v) is 4.64. The van der Waals surface area contributed by atoms with Crippen LogP contribution >= 0.6 is 0 Å². The van der Waals surface area contributed by atoms with Gasteiger partial charge in [-0.05, 0) is 62.1 Å².